The molecule has 0 atom stereocenters. The molecule has 0 aliphatic rings. The van der Waals surface area contributed by atoms with Crippen molar-refractivity contribution in [3.8, 4) is 23.6 Å². The van der Waals surface area contributed by atoms with Crippen LogP contribution in [-0.4, -0.2) is 9.55 Å². The Morgan fingerprint density at radius 1 is 1.38 bits per heavy atom. The standard InChI is InChI=1S/C13H13N3/c1-3-9-16-10(2)15-12(13(16)14)11-7-5-4-6-8-11/h1,4-8H,9,14H2,2H3. The predicted molar refractivity (Wildman–Crippen MR) is 65.6 cm³/mol. The number of anilines is 1. The molecule has 0 fully saturated rings. The summed E-state index contributed by atoms with van der Waals surface area (Å²) in [6.45, 7) is 2.36. The van der Waals surface area contributed by atoms with E-state index >= 15 is 0 Å². The van der Waals surface area contributed by atoms with Gasteiger partial charge in [0.15, 0.2) is 0 Å². The number of nitrogens with two attached hydrogens (primary N) is 1. The fraction of sp³-hybridized carbons (Fsp3) is 0.154. The Labute approximate surface area is 94.9 Å². The molecule has 2 N–H and O–H groups in total. The summed E-state index contributed by atoms with van der Waals surface area (Å²) in [5.74, 6) is 4.04. The highest BCUT2D eigenvalue weighted by molar-refractivity contribution is 5.70. The average molecular weight is 211 g/mol. The number of nitrogens with zero attached hydrogens (tertiary/aromatic N) is 2. The molecule has 0 unspecified atom stereocenters. The Hall–Kier alpha value is -2.21. The molecule has 3 nitrogen and oxygen atoms in total. The van der Waals surface area contributed by atoms with Crippen molar-refractivity contribution < 1.29 is 0 Å². The summed E-state index contributed by atoms with van der Waals surface area (Å²) in [6, 6.07) is 9.86. The third-order valence-corrected chi connectivity index (χ3v) is 2.49. The van der Waals surface area contributed by atoms with Crippen LogP contribution >= 0.6 is 0 Å². The summed E-state index contributed by atoms with van der Waals surface area (Å²) >= 11 is 0. The summed E-state index contributed by atoms with van der Waals surface area (Å²) in [6.07, 6.45) is 5.29. The predicted octanol–water partition coefficient (Wildman–Crippen LogP) is 2.07. The van der Waals surface area contributed by atoms with Crippen LogP contribution < -0.4 is 5.73 Å². The molecule has 1 heterocycles. The average Bonchev–Trinajstić information content (AvgIpc) is 2.59. The number of terminal acetylenes is 1. The van der Waals surface area contributed by atoms with Gasteiger partial charge in [-0.25, -0.2) is 4.98 Å². The Kier molecular flexibility index (Phi) is 2.65. The summed E-state index contributed by atoms with van der Waals surface area (Å²) < 4.78 is 1.84. The van der Waals surface area contributed by atoms with Crippen LogP contribution in [0.3, 0.4) is 0 Å². The monoisotopic (exact) mass is 211 g/mol. The second-order valence-corrected chi connectivity index (χ2v) is 3.55. The van der Waals surface area contributed by atoms with Crippen LogP contribution in [0.5, 0.6) is 0 Å². The van der Waals surface area contributed by atoms with Gasteiger partial charge < -0.3 is 10.3 Å². The lowest BCUT2D eigenvalue weighted by Crippen LogP contribution is -2.03. The maximum Gasteiger partial charge on any atom is 0.132 e. The topological polar surface area (TPSA) is 43.8 Å². The lowest BCUT2D eigenvalue weighted by atomic mass is 10.1. The maximum atomic E-state index is 6.03. The van der Waals surface area contributed by atoms with E-state index in [1.807, 2.05) is 41.8 Å². The molecule has 1 aromatic heterocycles. The summed E-state index contributed by atoms with van der Waals surface area (Å²) in [4.78, 5) is 4.44. The molecule has 0 amide bonds. The molecule has 3 heteroatoms. The molecule has 2 rings (SSSR count). The van der Waals surface area contributed by atoms with E-state index in [-0.39, 0.29) is 0 Å². The van der Waals surface area contributed by atoms with Gasteiger partial charge in [-0.1, -0.05) is 36.3 Å². The van der Waals surface area contributed by atoms with Crippen LogP contribution in [0.15, 0.2) is 30.3 Å². The van der Waals surface area contributed by atoms with E-state index in [1.54, 1.807) is 0 Å². The molecule has 0 saturated carbocycles. The van der Waals surface area contributed by atoms with Crippen molar-refractivity contribution in [2.24, 2.45) is 0 Å². The largest absolute Gasteiger partial charge is 0.383 e. The Morgan fingerprint density at radius 3 is 2.69 bits per heavy atom. The number of nitrogen functional groups attached to an aromatic ring is 1. The van der Waals surface area contributed by atoms with Crippen LogP contribution in [0.2, 0.25) is 0 Å². The Morgan fingerprint density at radius 2 is 2.06 bits per heavy atom. The normalized spacial score (nSPS) is 10.0. The molecule has 1 aromatic carbocycles. The third kappa shape index (κ3) is 1.66. The van der Waals surface area contributed by atoms with Gasteiger partial charge in [-0.05, 0) is 6.92 Å². The highest BCUT2D eigenvalue weighted by Gasteiger charge is 2.12. The van der Waals surface area contributed by atoms with Crippen molar-refractivity contribution in [2.45, 2.75) is 13.5 Å². The minimum Gasteiger partial charge on any atom is -0.383 e. The number of hydrogen-bond acceptors (Lipinski definition) is 2. The zero-order valence-electron chi connectivity index (χ0n) is 9.14. The Balaban J connectivity index is 2.53. The van der Waals surface area contributed by atoms with Crippen molar-refractivity contribution in [3.05, 3.63) is 36.2 Å². The van der Waals surface area contributed by atoms with E-state index in [4.69, 9.17) is 12.2 Å². The van der Waals surface area contributed by atoms with Gasteiger partial charge >= 0.3 is 0 Å². The van der Waals surface area contributed by atoms with Crippen LogP contribution in [0, 0.1) is 19.3 Å². The van der Waals surface area contributed by atoms with E-state index < -0.39 is 0 Å². The zero-order chi connectivity index (χ0) is 11.5. The molecule has 0 radical (unpaired) electrons. The molecule has 0 bridgehead atoms. The van der Waals surface area contributed by atoms with Crippen LogP contribution in [0.1, 0.15) is 5.82 Å². The minimum atomic E-state index is 0.456. The molecular weight excluding hydrogens is 198 g/mol. The first-order valence-electron chi connectivity index (χ1n) is 5.05. The van der Waals surface area contributed by atoms with E-state index in [9.17, 15) is 0 Å². The summed E-state index contributed by atoms with van der Waals surface area (Å²) in [7, 11) is 0. The SMILES string of the molecule is C#CCn1c(C)nc(-c2ccccc2)c1N. The van der Waals surface area contributed by atoms with E-state index in [1.165, 1.54) is 0 Å². The van der Waals surface area contributed by atoms with E-state index in [0.717, 1.165) is 17.1 Å². The van der Waals surface area contributed by atoms with Gasteiger partial charge in [-0.2, -0.15) is 0 Å². The van der Waals surface area contributed by atoms with E-state index in [0.29, 0.717) is 12.4 Å². The molecule has 80 valence electrons. The summed E-state index contributed by atoms with van der Waals surface area (Å²) in [5.41, 5.74) is 7.84. The van der Waals surface area contributed by atoms with Gasteiger partial charge in [-0.3, -0.25) is 0 Å². The Bertz CT molecular complexity index is 532. The smallest absolute Gasteiger partial charge is 0.132 e. The molecular formula is C13H13N3. The van der Waals surface area contributed by atoms with Crippen LogP contribution in [0.4, 0.5) is 5.82 Å². The molecule has 0 aliphatic heterocycles. The number of aryl methyl sites for hydroxylation is 1. The van der Waals surface area contributed by atoms with Gasteiger partial charge in [0.2, 0.25) is 0 Å². The third-order valence-electron chi connectivity index (χ3n) is 2.49. The second-order valence-electron chi connectivity index (χ2n) is 3.55. The molecule has 2 aromatic rings. The minimum absolute atomic E-state index is 0.456. The summed E-state index contributed by atoms with van der Waals surface area (Å²) in [5, 5.41) is 0. The van der Waals surface area contributed by atoms with Crippen molar-refractivity contribution >= 4 is 5.82 Å². The van der Waals surface area contributed by atoms with Gasteiger partial charge in [0.25, 0.3) is 0 Å². The van der Waals surface area contributed by atoms with Crippen molar-refractivity contribution in [3.63, 3.8) is 0 Å². The van der Waals surface area contributed by atoms with Gasteiger partial charge in [0.1, 0.15) is 17.3 Å². The first kappa shape index (κ1) is 10.3. The fourth-order valence-corrected chi connectivity index (χ4v) is 1.68. The highest BCUT2D eigenvalue weighted by atomic mass is 15.1. The quantitative estimate of drug-likeness (QED) is 0.773. The number of hydrogen-bond donors (Lipinski definition) is 1. The number of aromatic nitrogens is 2. The second kappa shape index (κ2) is 4.11. The number of rotatable bonds is 2. The number of imidazole rings is 1. The lowest BCUT2D eigenvalue weighted by Gasteiger charge is -2.02. The van der Waals surface area contributed by atoms with Crippen LogP contribution in [0.25, 0.3) is 11.3 Å². The molecule has 0 aliphatic carbocycles. The van der Waals surface area contributed by atoms with Gasteiger partial charge in [0, 0.05) is 5.56 Å². The lowest BCUT2D eigenvalue weighted by molar-refractivity contribution is 0.807. The van der Waals surface area contributed by atoms with E-state index in [2.05, 4.69) is 10.9 Å². The van der Waals surface area contributed by atoms with Crippen molar-refractivity contribution in [1.82, 2.24) is 9.55 Å². The first-order chi connectivity index (χ1) is 7.74. The van der Waals surface area contributed by atoms with Crippen molar-refractivity contribution in [2.75, 3.05) is 5.73 Å². The van der Waals surface area contributed by atoms with Crippen LogP contribution in [-0.2, 0) is 6.54 Å². The molecule has 0 saturated heterocycles. The highest BCUT2D eigenvalue weighted by Crippen LogP contribution is 2.25. The molecule has 16 heavy (non-hydrogen) atoms. The van der Waals surface area contributed by atoms with Gasteiger partial charge in [-0.15, -0.1) is 6.42 Å². The molecule has 0 spiro atoms. The maximum absolute atomic E-state index is 6.03. The zero-order valence-corrected chi connectivity index (χ0v) is 9.14. The fourth-order valence-electron chi connectivity index (χ4n) is 1.68. The first-order valence-corrected chi connectivity index (χ1v) is 5.05. The van der Waals surface area contributed by atoms with Crippen molar-refractivity contribution in [1.29, 1.82) is 0 Å². The number of benzene rings is 1. The van der Waals surface area contributed by atoms with Gasteiger partial charge in [0.05, 0.1) is 6.54 Å².